The number of hydrazine groups is 1. The highest BCUT2D eigenvalue weighted by molar-refractivity contribution is 5.11. The van der Waals surface area contributed by atoms with Crippen molar-refractivity contribution in [2.24, 2.45) is 11.8 Å². The van der Waals surface area contributed by atoms with Crippen molar-refractivity contribution in [1.29, 1.82) is 0 Å². The van der Waals surface area contributed by atoms with Gasteiger partial charge >= 0.3 is 0 Å². The molecule has 0 radical (unpaired) electrons. The minimum absolute atomic E-state index is 0.450. The molecule has 0 amide bonds. The molecule has 2 heteroatoms. The molecule has 0 saturated heterocycles. The predicted molar refractivity (Wildman–Crippen MR) is 78.1 cm³/mol. The van der Waals surface area contributed by atoms with Crippen molar-refractivity contribution in [2.75, 3.05) is 0 Å². The van der Waals surface area contributed by atoms with Gasteiger partial charge < -0.3 is 0 Å². The van der Waals surface area contributed by atoms with E-state index in [1.807, 2.05) is 0 Å². The topological polar surface area (TPSA) is 38.0 Å². The zero-order valence-corrected chi connectivity index (χ0v) is 11.8. The fourth-order valence-electron chi connectivity index (χ4n) is 3.62. The highest BCUT2D eigenvalue weighted by atomic mass is 15.2. The van der Waals surface area contributed by atoms with Crippen LogP contribution in [0.25, 0.3) is 0 Å². The van der Waals surface area contributed by atoms with E-state index < -0.39 is 0 Å². The maximum Gasteiger partial charge on any atom is 0.0422 e. The quantitative estimate of drug-likeness (QED) is 0.448. The molecule has 0 spiro atoms. The summed E-state index contributed by atoms with van der Waals surface area (Å²) < 4.78 is 0. The summed E-state index contributed by atoms with van der Waals surface area (Å²) in [4.78, 5) is 0. The van der Waals surface area contributed by atoms with E-state index in [-0.39, 0.29) is 0 Å². The van der Waals surface area contributed by atoms with Crippen LogP contribution in [0.1, 0.15) is 77.0 Å². The fourth-order valence-corrected chi connectivity index (χ4v) is 3.62. The molecule has 18 heavy (non-hydrogen) atoms. The summed E-state index contributed by atoms with van der Waals surface area (Å²) in [6.07, 6.45) is 19.0. The standard InChI is InChI=1S/C16H30N2/c17-18-16(13-14-9-5-4-6-10-14)15-11-7-2-1-3-8-12-15/h11,14,16,18H,1-10,12-13,17H2. The van der Waals surface area contributed by atoms with Crippen molar-refractivity contribution in [3.05, 3.63) is 11.6 Å². The molecule has 1 saturated carbocycles. The largest absolute Gasteiger partial charge is 0.271 e. The van der Waals surface area contributed by atoms with Gasteiger partial charge in [-0.3, -0.25) is 11.3 Å². The van der Waals surface area contributed by atoms with Crippen molar-refractivity contribution in [3.8, 4) is 0 Å². The molecule has 1 atom stereocenters. The lowest BCUT2D eigenvalue weighted by molar-refractivity contribution is 0.309. The van der Waals surface area contributed by atoms with Gasteiger partial charge in [0, 0.05) is 6.04 Å². The Bertz CT molecular complexity index is 254. The first-order valence-electron chi connectivity index (χ1n) is 8.05. The van der Waals surface area contributed by atoms with E-state index in [1.54, 1.807) is 5.57 Å². The van der Waals surface area contributed by atoms with Gasteiger partial charge in [0.25, 0.3) is 0 Å². The first-order valence-corrected chi connectivity index (χ1v) is 8.05. The van der Waals surface area contributed by atoms with Gasteiger partial charge in [-0.05, 0) is 38.0 Å². The summed E-state index contributed by atoms with van der Waals surface area (Å²) in [7, 11) is 0. The van der Waals surface area contributed by atoms with E-state index in [2.05, 4.69) is 11.5 Å². The summed E-state index contributed by atoms with van der Waals surface area (Å²) in [5, 5.41) is 0. The number of nitrogens with one attached hydrogen (secondary N) is 1. The highest BCUT2D eigenvalue weighted by Gasteiger charge is 2.20. The fraction of sp³-hybridized carbons (Fsp3) is 0.875. The maximum absolute atomic E-state index is 5.82. The van der Waals surface area contributed by atoms with Crippen molar-refractivity contribution in [3.63, 3.8) is 0 Å². The molecule has 0 aromatic heterocycles. The Morgan fingerprint density at radius 2 is 1.78 bits per heavy atom. The van der Waals surface area contributed by atoms with E-state index in [1.165, 1.54) is 77.0 Å². The first kappa shape index (κ1) is 14.1. The summed E-state index contributed by atoms with van der Waals surface area (Å²) >= 11 is 0. The van der Waals surface area contributed by atoms with Gasteiger partial charge in [-0.2, -0.15) is 0 Å². The molecule has 2 nitrogen and oxygen atoms in total. The second kappa shape index (κ2) is 7.96. The molecule has 0 heterocycles. The third-order valence-electron chi connectivity index (χ3n) is 4.77. The maximum atomic E-state index is 5.82. The lowest BCUT2D eigenvalue weighted by Crippen LogP contribution is -2.38. The van der Waals surface area contributed by atoms with E-state index in [0.717, 1.165) is 5.92 Å². The number of nitrogens with two attached hydrogens (primary N) is 1. The lowest BCUT2D eigenvalue weighted by Gasteiger charge is -2.28. The predicted octanol–water partition coefficient (Wildman–Crippen LogP) is 4.07. The zero-order chi connectivity index (χ0) is 12.6. The molecule has 0 aliphatic heterocycles. The molecule has 1 fully saturated rings. The van der Waals surface area contributed by atoms with Crippen LogP contribution in [0.15, 0.2) is 11.6 Å². The summed E-state index contributed by atoms with van der Waals surface area (Å²) in [5.74, 6) is 6.73. The average Bonchev–Trinajstić information content (AvgIpc) is 2.37. The Hall–Kier alpha value is -0.340. The van der Waals surface area contributed by atoms with E-state index in [0.29, 0.717) is 6.04 Å². The molecule has 3 N–H and O–H groups in total. The van der Waals surface area contributed by atoms with Crippen LogP contribution in [-0.2, 0) is 0 Å². The smallest absolute Gasteiger partial charge is 0.0422 e. The molecule has 104 valence electrons. The van der Waals surface area contributed by atoms with E-state index in [4.69, 9.17) is 5.84 Å². The Kier molecular flexibility index (Phi) is 6.22. The molecule has 2 aliphatic carbocycles. The van der Waals surface area contributed by atoms with Gasteiger partial charge in [-0.25, -0.2) is 0 Å². The molecular weight excluding hydrogens is 220 g/mol. The highest BCUT2D eigenvalue weighted by Crippen LogP contribution is 2.30. The summed E-state index contributed by atoms with van der Waals surface area (Å²) in [6, 6.07) is 0.450. The molecule has 2 aliphatic rings. The minimum atomic E-state index is 0.450. The molecule has 0 aromatic rings. The molecule has 1 unspecified atom stereocenters. The third-order valence-corrected chi connectivity index (χ3v) is 4.77. The normalized spacial score (nSPS) is 25.1. The Morgan fingerprint density at radius 1 is 1.06 bits per heavy atom. The SMILES string of the molecule is NNC(CC1CCCCC1)C1=CCCCCCC1. The Balaban J connectivity index is 1.88. The Morgan fingerprint density at radius 3 is 2.56 bits per heavy atom. The van der Waals surface area contributed by atoms with Crippen molar-refractivity contribution in [1.82, 2.24) is 5.43 Å². The zero-order valence-electron chi connectivity index (χ0n) is 11.8. The van der Waals surface area contributed by atoms with Crippen LogP contribution in [-0.4, -0.2) is 6.04 Å². The minimum Gasteiger partial charge on any atom is -0.271 e. The van der Waals surface area contributed by atoms with Gasteiger partial charge in [0.1, 0.15) is 0 Å². The van der Waals surface area contributed by atoms with Crippen LogP contribution < -0.4 is 11.3 Å². The van der Waals surface area contributed by atoms with Crippen LogP contribution in [0, 0.1) is 5.92 Å². The van der Waals surface area contributed by atoms with Gasteiger partial charge in [-0.15, -0.1) is 0 Å². The number of hydrogen-bond acceptors (Lipinski definition) is 2. The molecular formula is C16H30N2. The summed E-state index contributed by atoms with van der Waals surface area (Å²) in [6.45, 7) is 0. The molecule has 0 bridgehead atoms. The second-order valence-electron chi connectivity index (χ2n) is 6.19. The third kappa shape index (κ3) is 4.40. The van der Waals surface area contributed by atoms with Crippen LogP contribution in [0.4, 0.5) is 0 Å². The Labute approximate surface area is 112 Å². The average molecular weight is 250 g/mol. The van der Waals surface area contributed by atoms with Crippen LogP contribution in [0.2, 0.25) is 0 Å². The van der Waals surface area contributed by atoms with Gasteiger partial charge in [0.15, 0.2) is 0 Å². The number of rotatable bonds is 4. The lowest BCUT2D eigenvalue weighted by atomic mass is 9.82. The van der Waals surface area contributed by atoms with Gasteiger partial charge in [-0.1, -0.05) is 56.6 Å². The van der Waals surface area contributed by atoms with Crippen LogP contribution in [0.3, 0.4) is 0 Å². The number of allylic oxidation sites excluding steroid dienone is 1. The summed E-state index contributed by atoms with van der Waals surface area (Å²) in [5.41, 5.74) is 4.70. The van der Waals surface area contributed by atoms with Gasteiger partial charge in [0.05, 0.1) is 0 Å². The van der Waals surface area contributed by atoms with Crippen molar-refractivity contribution < 1.29 is 0 Å². The second-order valence-corrected chi connectivity index (χ2v) is 6.19. The first-order chi connectivity index (χ1) is 8.90. The number of hydrogen-bond donors (Lipinski definition) is 2. The monoisotopic (exact) mass is 250 g/mol. The van der Waals surface area contributed by atoms with Crippen molar-refractivity contribution in [2.45, 2.75) is 83.1 Å². The van der Waals surface area contributed by atoms with Gasteiger partial charge in [0.2, 0.25) is 0 Å². The van der Waals surface area contributed by atoms with Crippen molar-refractivity contribution >= 4 is 0 Å². The van der Waals surface area contributed by atoms with E-state index in [9.17, 15) is 0 Å². The molecule has 2 rings (SSSR count). The van der Waals surface area contributed by atoms with E-state index >= 15 is 0 Å². The van der Waals surface area contributed by atoms with Crippen LogP contribution >= 0.6 is 0 Å². The van der Waals surface area contributed by atoms with Crippen LogP contribution in [0.5, 0.6) is 0 Å². The molecule has 0 aromatic carbocycles.